The molecule has 5 rings (SSSR count). The van der Waals surface area contributed by atoms with E-state index in [-0.39, 0.29) is 5.91 Å². The summed E-state index contributed by atoms with van der Waals surface area (Å²) in [6, 6.07) is 7.72. The van der Waals surface area contributed by atoms with Gasteiger partial charge in [0, 0.05) is 12.4 Å². The van der Waals surface area contributed by atoms with Crippen LogP contribution in [0.1, 0.15) is 15.2 Å². The fourth-order valence-electron chi connectivity index (χ4n) is 3.24. The van der Waals surface area contributed by atoms with E-state index < -0.39 is 0 Å². The fourth-order valence-corrected chi connectivity index (χ4v) is 5.08. The summed E-state index contributed by atoms with van der Waals surface area (Å²) in [4.78, 5) is 25.3. The van der Waals surface area contributed by atoms with Gasteiger partial charge in [-0.05, 0) is 36.2 Å². The van der Waals surface area contributed by atoms with Crippen LogP contribution >= 0.6 is 22.7 Å². The van der Waals surface area contributed by atoms with Gasteiger partial charge in [-0.15, -0.1) is 22.7 Å². The summed E-state index contributed by atoms with van der Waals surface area (Å²) in [5.74, 6) is 0.718. The molecule has 0 saturated heterocycles. The second-order valence-corrected chi connectivity index (χ2v) is 7.76. The molecule has 128 valence electrons. The molecule has 1 amide bonds. The van der Waals surface area contributed by atoms with Crippen molar-refractivity contribution < 1.29 is 9.53 Å². The highest BCUT2D eigenvalue weighted by Crippen LogP contribution is 2.39. The van der Waals surface area contributed by atoms with Crippen molar-refractivity contribution in [3.05, 3.63) is 58.7 Å². The first-order valence-electron chi connectivity index (χ1n) is 8.04. The number of hydrogen-bond donors (Lipinski definition) is 0. The number of aromatic nitrogens is 2. The lowest BCUT2D eigenvalue weighted by Crippen LogP contribution is -2.23. The smallest absolute Gasteiger partial charge is 0.272 e. The molecule has 1 aliphatic rings. The van der Waals surface area contributed by atoms with Gasteiger partial charge in [0.15, 0.2) is 0 Å². The Morgan fingerprint density at radius 3 is 3.04 bits per heavy atom. The molecule has 0 radical (unpaired) electrons. The number of allylic oxidation sites excluding steroid dienone is 1. The Balaban J connectivity index is 1.67. The number of ether oxygens (including phenoxy) is 1. The first-order valence-corrected chi connectivity index (χ1v) is 9.73. The standard InChI is InChI=1S/C19H13N3O2S2/c1-24-14-6-7-20-18-16(14)12-3-2-8-22(19(23)17(12)26-18)11-4-5-13-15(9-11)25-10-21-13/h2,4-10H,3H2,1H3. The van der Waals surface area contributed by atoms with E-state index in [4.69, 9.17) is 4.74 Å². The van der Waals surface area contributed by atoms with Gasteiger partial charge in [0.1, 0.15) is 10.6 Å². The number of nitrogens with zero attached hydrogens (tertiary/aromatic N) is 3. The van der Waals surface area contributed by atoms with E-state index in [1.165, 1.54) is 11.3 Å². The van der Waals surface area contributed by atoms with Crippen LogP contribution in [0.3, 0.4) is 0 Å². The normalized spacial score (nSPS) is 14.0. The topological polar surface area (TPSA) is 55.3 Å². The number of fused-ring (bicyclic) bond motifs is 4. The molecular weight excluding hydrogens is 366 g/mol. The summed E-state index contributed by atoms with van der Waals surface area (Å²) in [7, 11) is 1.64. The van der Waals surface area contributed by atoms with E-state index in [0.717, 1.165) is 37.4 Å². The van der Waals surface area contributed by atoms with Crippen molar-refractivity contribution in [1.82, 2.24) is 9.97 Å². The quantitative estimate of drug-likeness (QED) is 0.509. The van der Waals surface area contributed by atoms with Crippen molar-refractivity contribution >= 4 is 54.7 Å². The highest BCUT2D eigenvalue weighted by atomic mass is 32.1. The number of carbonyl (C=O) groups is 1. The number of anilines is 1. The van der Waals surface area contributed by atoms with Gasteiger partial charge >= 0.3 is 0 Å². The number of thiophene rings is 1. The molecule has 3 aromatic heterocycles. The molecule has 1 aliphatic heterocycles. The van der Waals surface area contributed by atoms with Crippen LogP contribution in [-0.4, -0.2) is 23.0 Å². The first-order chi connectivity index (χ1) is 12.8. The van der Waals surface area contributed by atoms with E-state index in [1.807, 2.05) is 42.1 Å². The van der Waals surface area contributed by atoms with Crippen molar-refractivity contribution in [2.45, 2.75) is 6.42 Å². The third kappa shape index (κ3) is 2.24. The van der Waals surface area contributed by atoms with Gasteiger partial charge in [0.25, 0.3) is 5.91 Å². The van der Waals surface area contributed by atoms with Crippen molar-refractivity contribution in [2.24, 2.45) is 0 Å². The molecule has 0 spiro atoms. The van der Waals surface area contributed by atoms with E-state index in [1.54, 1.807) is 29.5 Å². The zero-order valence-corrected chi connectivity index (χ0v) is 15.4. The maximum absolute atomic E-state index is 13.3. The van der Waals surface area contributed by atoms with Crippen LogP contribution in [0.5, 0.6) is 5.75 Å². The number of pyridine rings is 1. The lowest BCUT2D eigenvalue weighted by atomic mass is 10.1. The largest absolute Gasteiger partial charge is 0.496 e. The average Bonchev–Trinajstić information content (AvgIpc) is 3.24. The summed E-state index contributed by atoms with van der Waals surface area (Å²) >= 11 is 2.99. The van der Waals surface area contributed by atoms with Crippen LogP contribution < -0.4 is 9.64 Å². The minimum absolute atomic E-state index is 0.0392. The van der Waals surface area contributed by atoms with Gasteiger partial charge in [-0.25, -0.2) is 9.97 Å². The highest BCUT2D eigenvalue weighted by Gasteiger charge is 2.27. The minimum Gasteiger partial charge on any atom is -0.496 e. The maximum Gasteiger partial charge on any atom is 0.272 e. The molecule has 0 N–H and O–H groups in total. The fraction of sp³-hybridized carbons (Fsp3) is 0.105. The average molecular weight is 379 g/mol. The lowest BCUT2D eigenvalue weighted by molar-refractivity contribution is 0.100. The zero-order valence-electron chi connectivity index (χ0n) is 13.8. The second kappa shape index (κ2) is 5.89. The Kier molecular flexibility index (Phi) is 3.51. The van der Waals surface area contributed by atoms with Crippen molar-refractivity contribution in [2.75, 3.05) is 12.0 Å². The summed E-state index contributed by atoms with van der Waals surface area (Å²) in [6.45, 7) is 0. The molecule has 4 aromatic rings. The summed E-state index contributed by atoms with van der Waals surface area (Å²) in [6.07, 6.45) is 6.25. The number of thiazole rings is 1. The predicted octanol–water partition coefficient (Wildman–Crippen LogP) is 4.63. The van der Waals surface area contributed by atoms with Crippen LogP contribution in [0.4, 0.5) is 5.69 Å². The third-order valence-electron chi connectivity index (χ3n) is 4.46. The number of hydrogen-bond acceptors (Lipinski definition) is 6. The second-order valence-electron chi connectivity index (χ2n) is 5.87. The van der Waals surface area contributed by atoms with Gasteiger partial charge in [-0.3, -0.25) is 9.69 Å². The molecular formula is C19H13N3O2S2. The molecule has 4 heterocycles. The number of rotatable bonds is 2. The third-order valence-corrected chi connectivity index (χ3v) is 6.37. The number of carbonyl (C=O) groups excluding carboxylic acids is 1. The van der Waals surface area contributed by atoms with Gasteiger partial charge in [0.2, 0.25) is 0 Å². The van der Waals surface area contributed by atoms with Crippen LogP contribution in [0.2, 0.25) is 0 Å². The predicted molar refractivity (Wildman–Crippen MR) is 105 cm³/mol. The van der Waals surface area contributed by atoms with Crippen LogP contribution in [0.25, 0.3) is 20.4 Å². The molecule has 5 nitrogen and oxygen atoms in total. The molecule has 0 aliphatic carbocycles. The first kappa shape index (κ1) is 15.5. The molecule has 26 heavy (non-hydrogen) atoms. The molecule has 0 saturated carbocycles. The van der Waals surface area contributed by atoms with Crippen molar-refractivity contribution in [3.63, 3.8) is 0 Å². The SMILES string of the molecule is COc1ccnc2sc3c(c12)CC=CN(c1ccc2ncsc2c1)C3=O. The van der Waals surface area contributed by atoms with Crippen molar-refractivity contribution in [1.29, 1.82) is 0 Å². The Bertz CT molecular complexity index is 1190. The maximum atomic E-state index is 13.3. The monoisotopic (exact) mass is 379 g/mol. The Morgan fingerprint density at radius 1 is 1.23 bits per heavy atom. The summed E-state index contributed by atoms with van der Waals surface area (Å²) < 4.78 is 6.55. The van der Waals surface area contributed by atoms with Crippen LogP contribution in [0, 0.1) is 0 Å². The zero-order chi connectivity index (χ0) is 17.7. The molecule has 0 bridgehead atoms. The lowest BCUT2D eigenvalue weighted by Gasteiger charge is -2.17. The number of benzene rings is 1. The van der Waals surface area contributed by atoms with E-state index in [2.05, 4.69) is 9.97 Å². The molecule has 0 atom stereocenters. The van der Waals surface area contributed by atoms with E-state index in [0.29, 0.717) is 11.3 Å². The van der Waals surface area contributed by atoms with Crippen LogP contribution in [0.15, 0.2) is 48.2 Å². The van der Waals surface area contributed by atoms with E-state index in [9.17, 15) is 4.79 Å². The van der Waals surface area contributed by atoms with E-state index >= 15 is 0 Å². The minimum atomic E-state index is -0.0392. The highest BCUT2D eigenvalue weighted by molar-refractivity contribution is 7.20. The molecule has 1 aromatic carbocycles. The van der Waals surface area contributed by atoms with Gasteiger partial charge < -0.3 is 4.74 Å². The van der Waals surface area contributed by atoms with Crippen LogP contribution in [-0.2, 0) is 6.42 Å². The molecule has 0 unspecified atom stereocenters. The van der Waals surface area contributed by atoms with Gasteiger partial charge in [-0.2, -0.15) is 0 Å². The Morgan fingerprint density at radius 2 is 2.15 bits per heavy atom. The summed E-state index contributed by atoms with van der Waals surface area (Å²) in [5, 5.41) is 0.938. The number of amides is 1. The number of methoxy groups -OCH3 is 1. The van der Waals surface area contributed by atoms with Gasteiger partial charge in [0.05, 0.1) is 38.8 Å². The summed E-state index contributed by atoms with van der Waals surface area (Å²) in [5.41, 5.74) is 4.59. The van der Waals surface area contributed by atoms with Crippen molar-refractivity contribution in [3.8, 4) is 5.75 Å². The molecule has 0 fully saturated rings. The van der Waals surface area contributed by atoms with Gasteiger partial charge in [-0.1, -0.05) is 6.08 Å². The Labute approximate surface area is 157 Å². The molecule has 7 heteroatoms. The Hall–Kier alpha value is -2.77.